The Kier molecular flexibility index (Phi) is 5.48. The maximum absolute atomic E-state index is 12.2. The number of aromatic hydroxyl groups is 1. The lowest BCUT2D eigenvalue weighted by molar-refractivity contribution is 0.0706. The van der Waals surface area contributed by atoms with Gasteiger partial charge in [0.1, 0.15) is 5.75 Å². The Morgan fingerprint density at radius 3 is 2.71 bits per heavy atom. The summed E-state index contributed by atoms with van der Waals surface area (Å²) in [7, 11) is 0. The van der Waals surface area contributed by atoms with Gasteiger partial charge in [0.25, 0.3) is 5.91 Å². The van der Waals surface area contributed by atoms with E-state index in [0.29, 0.717) is 5.56 Å². The molecule has 4 heteroatoms. The van der Waals surface area contributed by atoms with Gasteiger partial charge in [-0.25, -0.2) is 0 Å². The number of rotatable bonds is 5. The summed E-state index contributed by atoms with van der Waals surface area (Å²) in [6, 6.07) is 6.64. The largest absolute Gasteiger partial charge is 0.508 e. The van der Waals surface area contributed by atoms with Crippen molar-refractivity contribution in [2.45, 2.75) is 26.3 Å². The van der Waals surface area contributed by atoms with Crippen LogP contribution >= 0.6 is 15.9 Å². The van der Waals surface area contributed by atoms with Crippen molar-refractivity contribution in [1.82, 2.24) is 4.90 Å². The predicted octanol–water partition coefficient (Wildman–Crippen LogP) is 3.03. The van der Waals surface area contributed by atoms with Gasteiger partial charge in [0.05, 0.1) is 0 Å². The van der Waals surface area contributed by atoms with Crippen molar-refractivity contribution in [3.8, 4) is 5.75 Å². The zero-order valence-corrected chi connectivity index (χ0v) is 11.8. The van der Waals surface area contributed by atoms with Crippen LogP contribution in [0.1, 0.15) is 30.6 Å². The molecule has 1 amide bonds. The fourth-order valence-electron chi connectivity index (χ4n) is 1.63. The van der Waals surface area contributed by atoms with Crippen LogP contribution in [0.5, 0.6) is 5.75 Å². The third kappa shape index (κ3) is 4.04. The van der Waals surface area contributed by atoms with Crippen LogP contribution in [0.3, 0.4) is 0 Å². The SMILES string of the molecule is CC(C)N(CCCBr)C(=O)c1cccc(O)c1. The number of carbonyl (C=O) groups is 1. The fraction of sp³-hybridized carbons (Fsp3) is 0.462. The van der Waals surface area contributed by atoms with Gasteiger partial charge in [0, 0.05) is 23.5 Å². The van der Waals surface area contributed by atoms with Crippen molar-refractivity contribution >= 4 is 21.8 Å². The summed E-state index contributed by atoms with van der Waals surface area (Å²) < 4.78 is 0. The van der Waals surface area contributed by atoms with E-state index in [1.165, 1.54) is 6.07 Å². The monoisotopic (exact) mass is 299 g/mol. The Labute approximate surface area is 111 Å². The molecule has 1 rings (SSSR count). The number of hydrogen-bond acceptors (Lipinski definition) is 2. The quantitative estimate of drug-likeness (QED) is 0.849. The molecule has 0 atom stereocenters. The van der Waals surface area contributed by atoms with Crippen LogP contribution in [-0.2, 0) is 0 Å². The van der Waals surface area contributed by atoms with Crippen molar-refractivity contribution in [2.75, 3.05) is 11.9 Å². The van der Waals surface area contributed by atoms with E-state index in [-0.39, 0.29) is 17.7 Å². The van der Waals surface area contributed by atoms with Gasteiger partial charge in [-0.05, 0) is 38.5 Å². The Morgan fingerprint density at radius 2 is 2.18 bits per heavy atom. The molecule has 0 radical (unpaired) electrons. The molecule has 0 saturated carbocycles. The summed E-state index contributed by atoms with van der Waals surface area (Å²) in [6.45, 7) is 4.71. The zero-order valence-electron chi connectivity index (χ0n) is 10.2. The van der Waals surface area contributed by atoms with E-state index in [4.69, 9.17) is 0 Å². The van der Waals surface area contributed by atoms with E-state index in [9.17, 15) is 9.90 Å². The lowest BCUT2D eigenvalue weighted by Crippen LogP contribution is -2.37. The highest BCUT2D eigenvalue weighted by Gasteiger charge is 2.18. The Bertz CT molecular complexity index is 379. The minimum atomic E-state index is -0.0307. The molecule has 0 heterocycles. The number of halogens is 1. The lowest BCUT2D eigenvalue weighted by Gasteiger charge is -2.26. The minimum Gasteiger partial charge on any atom is -0.508 e. The molecule has 17 heavy (non-hydrogen) atoms. The lowest BCUT2D eigenvalue weighted by atomic mass is 10.1. The van der Waals surface area contributed by atoms with E-state index < -0.39 is 0 Å². The van der Waals surface area contributed by atoms with Crippen LogP contribution in [0, 0.1) is 0 Å². The molecule has 0 bridgehead atoms. The molecule has 1 N–H and O–H groups in total. The number of benzene rings is 1. The first-order valence-corrected chi connectivity index (χ1v) is 6.84. The van der Waals surface area contributed by atoms with Crippen LogP contribution in [0.4, 0.5) is 0 Å². The average molecular weight is 300 g/mol. The number of hydrogen-bond donors (Lipinski definition) is 1. The summed E-state index contributed by atoms with van der Waals surface area (Å²) >= 11 is 3.37. The average Bonchev–Trinajstić information content (AvgIpc) is 2.29. The van der Waals surface area contributed by atoms with Gasteiger partial charge in [-0.2, -0.15) is 0 Å². The van der Waals surface area contributed by atoms with Crippen LogP contribution in [0.15, 0.2) is 24.3 Å². The number of carbonyl (C=O) groups excluding carboxylic acids is 1. The van der Waals surface area contributed by atoms with Crippen molar-refractivity contribution in [2.24, 2.45) is 0 Å². The summed E-state index contributed by atoms with van der Waals surface area (Å²) in [5.74, 6) is 0.0943. The molecule has 0 aliphatic carbocycles. The smallest absolute Gasteiger partial charge is 0.254 e. The third-order valence-corrected chi connectivity index (χ3v) is 3.07. The number of nitrogens with zero attached hydrogens (tertiary/aromatic N) is 1. The minimum absolute atomic E-state index is 0.0307. The zero-order chi connectivity index (χ0) is 12.8. The summed E-state index contributed by atoms with van der Waals surface area (Å²) in [4.78, 5) is 14.1. The second-order valence-electron chi connectivity index (χ2n) is 4.19. The summed E-state index contributed by atoms with van der Waals surface area (Å²) in [5.41, 5.74) is 0.535. The van der Waals surface area contributed by atoms with Crippen molar-refractivity contribution in [1.29, 1.82) is 0 Å². The first-order valence-electron chi connectivity index (χ1n) is 5.72. The van der Waals surface area contributed by atoms with E-state index in [2.05, 4.69) is 15.9 Å². The molecule has 1 aromatic carbocycles. The highest BCUT2D eigenvalue weighted by molar-refractivity contribution is 9.09. The maximum atomic E-state index is 12.2. The molecule has 0 spiro atoms. The van der Waals surface area contributed by atoms with Gasteiger partial charge < -0.3 is 10.0 Å². The molecule has 0 aliphatic rings. The third-order valence-electron chi connectivity index (χ3n) is 2.51. The number of phenols is 1. The Hall–Kier alpha value is -1.03. The summed E-state index contributed by atoms with van der Waals surface area (Å²) in [5, 5.41) is 10.3. The van der Waals surface area contributed by atoms with Crippen LogP contribution in [0.2, 0.25) is 0 Å². The predicted molar refractivity (Wildman–Crippen MR) is 72.7 cm³/mol. The molecular weight excluding hydrogens is 282 g/mol. The van der Waals surface area contributed by atoms with Gasteiger partial charge in [0.2, 0.25) is 0 Å². The molecule has 3 nitrogen and oxygen atoms in total. The van der Waals surface area contributed by atoms with Gasteiger partial charge in [-0.3, -0.25) is 4.79 Å². The van der Waals surface area contributed by atoms with Gasteiger partial charge in [-0.1, -0.05) is 22.0 Å². The van der Waals surface area contributed by atoms with Crippen molar-refractivity contribution in [3.63, 3.8) is 0 Å². The van der Waals surface area contributed by atoms with Crippen LogP contribution in [-0.4, -0.2) is 33.8 Å². The molecular formula is C13H18BrNO2. The Balaban J connectivity index is 2.84. The number of alkyl halides is 1. The van der Waals surface area contributed by atoms with Crippen LogP contribution in [0.25, 0.3) is 0 Å². The maximum Gasteiger partial charge on any atom is 0.254 e. The highest BCUT2D eigenvalue weighted by Crippen LogP contribution is 2.15. The van der Waals surface area contributed by atoms with Gasteiger partial charge in [-0.15, -0.1) is 0 Å². The van der Waals surface area contributed by atoms with E-state index >= 15 is 0 Å². The van der Waals surface area contributed by atoms with Gasteiger partial charge in [0.15, 0.2) is 0 Å². The number of amides is 1. The highest BCUT2D eigenvalue weighted by atomic mass is 79.9. The van der Waals surface area contributed by atoms with Crippen LogP contribution < -0.4 is 0 Å². The van der Waals surface area contributed by atoms with E-state index in [1.54, 1.807) is 18.2 Å². The standard InChI is InChI=1S/C13H18BrNO2/c1-10(2)15(8-4-7-14)13(17)11-5-3-6-12(16)9-11/h3,5-6,9-10,16H,4,7-8H2,1-2H3. The molecule has 1 aromatic rings. The molecule has 0 fully saturated rings. The van der Waals surface area contributed by atoms with Crippen molar-refractivity contribution in [3.05, 3.63) is 29.8 Å². The topological polar surface area (TPSA) is 40.5 Å². The van der Waals surface area contributed by atoms with E-state index in [0.717, 1.165) is 18.3 Å². The number of phenolic OH excluding ortho intramolecular Hbond substituents is 1. The Morgan fingerprint density at radius 1 is 1.47 bits per heavy atom. The van der Waals surface area contributed by atoms with Gasteiger partial charge >= 0.3 is 0 Å². The first kappa shape index (κ1) is 14.0. The van der Waals surface area contributed by atoms with Crippen molar-refractivity contribution < 1.29 is 9.90 Å². The molecule has 0 saturated heterocycles. The second-order valence-corrected chi connectivity index (χ2v) is 4.98. The fourth-order valence-corrected chi connectivity index (χ4v) is 1.88. The second kappa shape index (κ2) is 6.64. The van der Waals surface area contributed by atoms with E-state index in [1.807, 2.05) is 18.7 Å². The molecule has 0 aliphatic heterocycles. The molecule has 94 valence electrons. The molecule has 0 unspecified atom stereocenters. The normalized spacial score (nSPS) is 10.6. The summed E-state index contributed by atoms with van der Waals surface area (Å²) in [6.07, 6.45) is 0.919. The molecule has 0 aromatic heterocycles. The first-order chi connectivity index (χ1) is 8.06.